The lowest BCUT2D eigenvalue weighted by Crippen LogP contribution is -2.10. The quantitative estimate of drug-likeness (QED) is 0.848. The zero-order valence-electron chi connectivity index (χ0n) is 11.8. The Kier molecular flexibility index (Phi) is 5.15. The number of aliphatic hydroxyl groups excluding tert-OH is 1. The number of aliphatic hydroxyl groups is 1. The van der Waals surface area contributed by atoms with Crippen molar-refractivity contribution in [2.75, 3.05) is 0 Å². The molecule has 0 amide bonds. The first kappa shape index (κ1) is 14.3. The minimum atomic E-state index is -0.237. The van der Waals surface area contributed by atoms with Crippen LogP contribution in [-0.2, 0) is 11.2 Å². The highest BCUT2D eigenvalue weighted by Gasteiger charge is 2.25. The van der Waals surface area contributed by atoms with Gasteiger partial charge >= 0.3 is 0 Å². The van der Waals surface area contributed by atoms with Crippen LogP contribution in [0.1, 0.15) is 62.5 Å². The lowest BCUT2D eigenvalue weighted by molar-refractivity contribution is -0.118. The van der Waals surface area contributed by atoms with Crippen LogP contribution < -0.4 is 0 Å². The monoisotopic (exact) mass is 260 g/mol. The van der Waals surface area contributed by atoms with Gasteiger partial charge in [0.2, 0.25) is 0 Å². The van der Waals surface area contributed by atoms with Crippen LogP contribution in [0, 0.1) is 0 Å². The first-order chi connectivity index (χ1) is 9.20. The van der Waals surface area contributed by atoms with Crippen molar-refractivity contribution in [3.05, 3.63) is 35.4 Å². The summed E-state index contributed by atoms with van der Waals surface area (Å²) >= 11 is 0. The number of carbonyl (C=O) groups is 1. The third-order valence-corrected chi connectivity index (χ3v) is 4.05. The number of carbonyl (C=O) groups excluding carboxylic acids is 1. The van der Waals surface area contributed by atoms with Crippen LogP contribution >= 0.6 is 0 Å². The first-order valence-corrected chi connectivity index (χ1v) is 7.50. The molecule has 1 aliphatic carbocycles. The second kappa shape index (κ2) is 6.85. The third-order valence-electron chi connectivity index (χ3n) is 4.05. The average molecular weight is 260 g/mol. The normalized spacial score (nSPS) is 20.7. The van der Waals surface area contributed by atoms with Crippen LogP contribution in [0.15, 0.2) is 24.3 Å². The van der Waals surface area contributed by atoms with Gasteiger partial charge in [0, 0.05) is 12.3 Å². The molecule has 104 valence electrons. The molecular weight excluding hydrogens is 236 g/mol. The molecule has 0 aromatic heterocycles. The second-order valence-corrected chi connectivity index (χ2v) is 5.65. The summed E-state index contributed by atoms with van der Waals surface area (Å²) in [6.07, 6.45) is 6.33. The van der Waals surface area contributed by atoms with Crippen LogP contribution in [0.4, 0.5) is 0 Å². The molecular formula is C17H24O2. The number of rotatable bonds is 6. The zero-order chi connectivity index (χ0) is 13.7. The molecule has 0 spiro atoms. The highest BCUT2D eigenvalue weighted by Crippen LogP contribution is 2.31. The Morgan fingerprint density at radius 2 is 2.05 bits per heavy atom. The lowest BCUT2D eigenvalue weighted by atomic mass is 9.94. The van der Waals surface area contributed by atoms with Crippen molar-refractivity contribution < 1.29 is 9.90 Å². The van der Waals surface area contributed by atoms with Gasteiger partial charge in [0.1, 0.15) is 5.78 Å². The van der Waals surface area contributed by atoms with E-state index in [0.29, 0.717) is 5.78 Å². The molecule has 2 nitrogen and oxygen atoms in total. The van der Waals surface area contributed by atoms with Crippen LogP contribution in [0.25, 0.3) is 0 Å². The molecule has 1 aromatic carbocycles. The maximum absolute atomic E-state index is 11.7. The molecule has 0 radical (unpaired) electrons. The second-order valence-electron chi connectivity index (χ2n) is 5.65. The molecule has 1 aliphatic rings. The van der Waals surface area contributed by atoms with E-state index in [9.17, 15) is 9.90 Å². The van der Waals surface area contributed by atoms with Gasteiger partial charge in [0.15, 0.2) is 0 Å². The van der Waals surface area contributed by atoms with Gasteiger partial charge in [0.05, 0.1) is 6.10 Å². The van der Waals surface area contributed by atoms with E-state index in [1.165, 1.54) is 0 Å². The zero-order valence-corrected chi connectivity index (χ0v) is 11.8. The van der Waals surface area contributed by atoms with Crippen LogP contribution in [0.5, 0.6) is 0 Å². The van der Waals surface area contributed by atoms with Crippen LogP contribution in [0.3, 0.4) is 0 Å². The average Bonchev–Trinajstić information content (AvgIpc) is 2.83. The Morgan fingerprint density at radius 3 is 2.63 bits per heavy atom. The van der Waals surface area contributed by atoms with Crippen LogP contribution in [-0.4, -0.2) is 17.0 Å². The highest BCUT2D eigenvalue weighted by atomic mass is 16.3. The lowest BCUT2D eigenvalue weighted by Gasteiger charge is -2.12. The van der Waals surface area contributed by atoms with E-state index in [1.54, 1.807) is 0 Å². The standard InChI is InChI=1S/C17H24O2/c1-2-3-5-15(18)12-13-8-10-14(11-9-13)16-6-4-7-17(16)19/h8-11,15-16,18H,2-7,12H2,1H3/t15?,16-/m0/s1. The van der Waals surface area contributed by atoms with E-state index in [-0.39, 0.29) is 12.0 Å². The molecule has 1 aromatic rings. The van der Waals surface area contributed by atoms with Gasteiger partial charge in [0.25, 0.3) is 0 Å². The SMILES string of the molecule is CCCCC(O)Cc1ccc([C@@H]2CCCC2=O)cc1. The molecule has 2 heteroatoms. The number of Topliss-reactive ketones (excluding diaryl/α,β-unsaturated/α-hetero) is 1. The van der Waals surface area contributed by atoms with Crippen LogP contribution in [0.2, 0.25) is 0 Å². The summed E-state index contributed by atoms with van der Waals surface area (Å²) in [7, 11) is 0. The van der Waals surface area contributed by atoms with Gasteiger partial charge in [-0.15, -0.1) is 0 Å². The number of unbranched alkanes of at least 4 members (excludes halogenated alkanes) is 1. The topological polar surface area (TPSA) is 37.3 Å². The summed E-state index contributed by atoms with van der Waals surface area (Å²) in [5.41, 5.74) is 2.31. The van der Waals surface area contributed by atoms with Gasteiger partial charge in [-0.1, -0.05) is 44.0 Å². The van der Waals surface area contributed by atoms with E-state index < -0.39 is 0 Å². The number of hydrogen-bond acceptors (Lipinski definition) is 2. The Labute approximate surface area is 115 Å². The fraction of sp³-hybridized carbons (Fsp3) is 0.588. The van der Waals surface area contributed by atoms with Gasteiger partial charge in [-0.2, -0.15) is 0 Å². The molecule has 0 saturated heterocycles. The van der Waals surface area contributed by atoms with E-state index >= 15 is 0 Å². The minimum absolute atomic E-state index is 0.124. The summed E-state index contributed by atoms with van der Waals surface area (Å²) in [6, 6.07) is 8.26. The smallest absolute Gasteiger partial charge is 0.140 e. The van der Waals surface area contributed by atoms with Gasteiger partial charge in [-0.05, 0) is 36.8 Å². The maximum atomic E-state index is 11.7. The summed E-state index contributed by atoms with van der Waals surface area (Å²) in [4.78, 5) is 11.7. The fourth-order valence-corrected chi connectivity index (χ4v) is 2.87. The number of benzene rings is 1. The summed E-state index contributed by atoms with van der Waals surface area (Å²) in [5, 5.41) is 9.90. The Balaban J connectivity index is 1.92. The third kappa shape index (κ3) is 3.90. The van der Waals surface area contributed by atoms with Crippen molar-refractivity contribution >= 4 is 5.78 Å². The van der Waals surface area contributed by atoms with Crippen molar-refractivity contribution in [2.45, 2.75) is 63.9 Å². The van der Waals surface area contributed by atoms with Crippen molar-refractivity contribution in [2.24, 2.45) is 0 Å². The minimum Gasteiger partial charge on any atom is -0.393 e. The van der Waals surface area contributed by atoms with Gasteiger partial charge < -0.3 is 5.11 Å². The molecule has 1 saturated carbocycles. The van der Waals surface area contributed by atoms with Crippen molar-refractivity contribution in [1.29, 1.82) is 0 Å². The van der Waals surface area contributed by atoms with E-state index in [0.717, 1.165) is 56.1 Å². The largest absolute Gasteiger partial charge is 0.393 e. The Morgan fingerprint density at radius 1 is 1.32 bits per heavy atom. The Bertz CT molecular complexity index is 408. The molecule has 1 fully saturated rings. The van der Waals surface area contributed by atoms with Gasteiger partial charge in [-0.25, -0.2) is 0 Å². The Hall–Kier alpha value is -1.15. The molecule has 1 N–H and O–H groups in total. The molecule has 2 atom stereocenters. The van der Waals surface area contributed by atoms with E-state index in [1.807, 2.05) is 0 Å². The fourth-order valence-electron chi connectivity index (χ4n) is 2.87. The number of ketones is 1. The maximum Gasteiger partial charge on any atom is 0.140 e. The summed E-state index contributed by atoms with van der Waals surface area (Å²) in [6.45, 7) is 2.14. The van der Waals surface area contributed by atoms with Crippen molar-refractivity contribution in [3.8, 4) is 0 Å². The van der Waals surface area contributed by atoms with Crippen molar-refractivity contribution in [3.63, 3.8) is 0 Å². The molecule has 0 heterocycles. The first-order valence-electron chi connectivity index (χ1n) is 7.50. The van der Waals surface area contributed by atoms with Crippen molar-refractivity contribution in [1.82, 2.24) is 0 Å². The predicted molar refractivity (Wildman–Crippen MR) is 77.3 cm³/mol. The molecule has 19 heavy (non-hydrogen) atoms. The summed E-state index contributed by atoms with van der Waals surface area (Å²) < 4.78 is 0. The summed E-state index contributed by atoms with van der Waals surface area (Å²) in [5.74, 6) is 0.509. The van der Waals surface area contributed by atoms with E-state index in [4.69, 9.17) is 0 Å². The molecule has 0 aliphatic heterocycles. The van der Waals surface area contributed by atoms with E-state index in [2.05, 4.69) is 31.2 Å². The van der Waals surface area contributed by atoms with Gasteiger partial charge in [-0.3, -0.25) is 4.79 Å². The highest BCUT2D eigenvalue weighted by molar-refractivity contribution is 5.87. The number of hydrogen-bond donors (Lipinski definition) is 1. The molecule has 0 bridgehead atoms. The molecule has 1 unspecified atom stereocenters. The predicted octanol–water partition coefficient (Wildman–Crippen LogP) is 3.62. The molecule has 2 rings (SSSR count).